The molecule has 0 nitrogen and oxygen atoms in total. The lowest BCUT2D eigenvalue weighted by atomic mass is 9.82. The predicted octanol–water partition coefficient (Wildman–Crippen LogP) is 11.3. The monoisotopic (exact) mass is 540 g/mol. The maximum atomic E-state index is 14.6. The van der Waals surface area contributed by atoms with E-state index >= 15 is 0 Å². The van der Waals surface area contributed by atoms with Crippen molar-refractivity contribution >= 4 is 0 Å². The van der Waals surface area contributed by atoms with Crippen LogP contribution in [0.15, 0.2) is 146 Å². The molecule has 0 radical (unpaired) electrons. The number of aryl methyl sites for hydroxylation is 1. The zero-order chi connectivity index (χ0) is 28.4. The van der Waals surface area contributed by atoms with Gasteiger partial charge in [0.1, 0.15) is 0 Å². The Bertz CT molecular complexity index is 1820. The Balaban J connectivity index is 1.65. The highest BCUT2D eigenvalue weighted by Crippen LogP contribution is 2.48. The van der Waals surface area contributed by atoms with Gasteiger partial charge in [-0.2, -0.15) is 13.2 Å². The van der Waals surface area contributed by atoms with Gasteiger partial charge in [-0.25, -0.2) is 0 Å². The molecule has 0 spiro atoms. The molecular weight excluding hydrogens is 513 g/mol. The first-order valence-electron chi connectivity index (χ1n) is 13.5. The van der Waals surface area contributed by atoms with Gasteiger partial charge in [0.25, 0.3) is 0 Å². The van der Waals surface area contributed by atoms with Crippen LogP contribution in [0.25, 0.3) is 55.6 Å². The third-order valence-corrected chi connectivity index (χ3v) is 7.50. The van der Waals surface area contributed by atoms with Gasteiger partial charge in [0, 0.05) is 5.56 Å². The van der Waals surface area contributed by atoms with Crippen molar-refractivity contribution in [2.75, 3.05) is 0 Å². The standard InChI is InChI=1S/C38H27F3/c1-26-14-12-23-29(27-15-4-2-5-16-27)36(26)33-21-10-8-19-31(33)32-20-9-11-22-34(32)37-30(28-17-6-3-7-18-28)24-13-25-35(37)38(39,40)41/h2-25H,1H3. The van der Waals surface area contributed by atoms with Crippen molar-refractivity contribution in [3.63, 3.8) is 0 Å². The van der Waals surface area contributed by atoms with Gasteiger partial charge in [-0.05, 0) is 68.6 Å². The molecule has 6 aromatic rings. The predicted molar refractivity (Wildman–Crippen MR) is 163 cm³/mol. The third-order valence-electron chi connectivity index (χ3n) is 7.50. The molecule has 0 saturated carbocycles. The number of hydrogen-bond donors (Lipinski definition) is 0. The summed E-state index contributed by atoms with van der Waals surface area (Å²) in [6, 6.07) is 45.6. The first-order valence-corrected chi connectivity index (χ1v) is 13.5. The molecule has 0 fully saturated rings. The Morgan fingerprint density at radius 1 is 0.366 bits per heavy atom. The minimum Gasteiger partial charge on any atom is -0.166 e. The van der Waals surface area contributed by atoms with Gasteiger partial charge in [-0.1, -0.05) is 140 Å². The summed E-state index contributed by atoms with van der Waals surface area (Å²) in [5.41, 5.74) is 8.30. The second-order valence-corrected chi connectivity index (χ2v) is 10.0. The minimum absolute atomic E-state index is 0.185. The number of halogens is 3. The Hall–Kier alpha value is -4.89. The third kappa shape index (κ3) is 5.07. The van der Waals surface area contributed by atoms with E-state index in [0.717, 1.165) is 44.5 Å². The van der Waals surface area contributed by atoms with Crippen LogP contribution in [-0.2, 0) is 6.18 Å². The fourth-order valence-electron chi connectivity index (χ4n) is 5.69. The first kappa shape index (κ1) is 26.3. The Kier molecular flexibility index (Phi) is 7.03. The van der Waals surface area contributed by atoms with Crippen LogP contribution in [0.2, 0.25) is 0 Å². The molecule has 0 heterocycles. The van der Waals surface area contributed by atoms with E-state index in [1.54, 1.807) is 12.1 Å². The van der Waals surface area contributed by atoms with Crippen molar-refractivity contribution in [1.29, 1.82) is 0 Å². The lowest BCUT2D eigenvalue weighted by molar-refractivity contribution is -0.137. The van der Waals surface area contributed by atoms with E-state index in [9.17, 15) is 13.2 Å². The van der Waals surface area contributed by atoms with Gasteiger partial charge < -0.3 is 0 Å². The summed E-state index contributed by atoms with van der Waals surface area (Å²) in [7, 11) is 0. The molecule has 0 bridgehead atoms. The molecule has 0 aliphatic rings. The molecule has 0 unspecified atom stereocenters. The summed E-state index contributed by atoms with van der Waals surface area (Å²) < 4.78 is 43.8. The zero-order valence-corrected chi connectivity index (χ0v) is 22.5. The van der Waals surface area contributed by atoms with E-state index in [2.05, 4.69) is 37.3 Å². The van der Waals surface area contributed by atoms with Crippen molar-refractivity contribution < 1.29 is 13.2 Å². The molecule has 0 atom stereocenters. The SMILES string of the molecule is Cc1cccc(-c2ccccc2)c1-c1ccccc1-c1ccccc1-c1c(-c2ccccc2)cccc1C(F)(F)F. The lowest BCUT2D eigenvalue weighted by Crippen LogP contribution is -2.08. The van der Waals surface area contributed by atoms with E-state index in [-0.39, 0.29) is 5.56 Å². The Morgan fingerprint density at radius 2 is 0.756 bits per heavy atom. The van der Waals surface area contributed by atoms with Gasteiger partial charge in [0.15, 0.2) is 0 Å². The van der Waals surface area contributed by atoms with Gasteiger partial charge in [-0.3, -0.25) is 0 Å². The van der Waals surface area contributed by atoms with Crippen molar-refractivity contribution in [2.24, 2.45) is 0 Å². The van der Waals surface area contributed by atoms with Gasteiger partial charge in [0.05, 0.1) is 5.56 Å². The second-order valence-electron chi connectivity index (χ2n) is 10.0. The lowest BCUT2D eigenvalue weighted by Gasteiger charge is -2.22. The summed E-state index contributed by atoms with van der Waals surface area (Å²) in [5.74, 6) is 0. The van der Waals surface area contributed by atoms with Crippen LogP contribution in [0.5, 0.6) is 0 Å². The molecule has 0 amide bonds. The van der Waals surface area contributed by atoms with Gasteiger partial charge >= 0.3 is 6.18 Å². The smallest absolute Gasteiger partial charge is 0.166 e. The maximum absolute atomic E-state index is 14.6. The highest BCUT2D eigenvalue weighted by Gasteiger charge is 2.35. The van der Waals surface area contributed by atoms with E-state index in [0.29, 0.717) is 11.1 Å². The van der Waals surface area contributed by atoms with Crippen LogP contribution in [0.1, 0.15) is 11.1 Å². The summed E-state index contributed by atoms with van der Waals surface area (Å²) >= 11 is 0. The van der Waals surface area contributed by atoms with Gasteiger partial charge in [-0.15, -0.1) is 0 Å². The van der Waals surface area contributed by atoms with Crippen molar-refractivity contribution in [2.45, 2.75) is 13.1 Å². The van der Waals surface area contributed by atoms with Gasteiger partial charge in [0.2, 0.25) is 0 Å². The molecule has 6 aromatic carbocycles. The van der Waals surface area contributed by atoms with Crippen molar-refractivity contribution in [3.8, 4) is 55.6 Å². The number of hydrogen-bond acceptors (Lipinski definition) is 0. The summed E-state index contributed by atoms with van der Waals surface area (Å²) in [6.45, 7) is 2.08. The first-order chi connectivity index (χ1) is 19.9. The fraction of sp³-hybridized carbons (Fsp3) is 0.0526. The van der Waals surface area contributed by atoms with Crippen LogP contribution >= 0.6 is 0 Å². The number of alkyl halides is 3. The van der Waals surface area contributed by atoms with Crippen LogP contribution in [-0.4, -0.2) is 0 Å². The van der Waals surface area contributed by atoms with Crippen LogP contribution in [0.4, 0.5) is 13.2 Å². The van der Waals surface area contributed by atoms with Crippen LogP contribution in [0, 0.1) is 6.92 Å². The largest absolute Gasteiger partial charge is 0.417 e. The average molecular weight is 541 g/mol. The quantitative estimate of drug-likeness (QED) is 0.204. The second kappa shape index (κ2) is 10.9. The molecule has 0 aliphatic carbocycles. The topological polar surface area (TPSA) is 0 Å². The molecule has 0 saturated heterocycles. The molecule has 3 heteroatoms. The summed E-state index contributed by atoms with van der Waals surface area (Å²) in [6.07, 6.45) is -4.52. The summed E-state index contributed by atoms with van der Waals surface area (Å²) in [5, 5.41) is 0. The minimum atomic E-state index is -4.52. The Morgan fingerprint density at radius 3 is 1.27 bits per heavy atom. The summed E-state index contributed by atoms with van der Waals surface area (Å²) in [4.78, 5) is 0. The normalized spacial score (nSPS) is 11.4. The van der Waals surface area contributed by atoms with Crippen molar-refractivity contribution in [1.82, 2.24) is 0 Å². The molecule has 6 rings (SSSR count). The Labute approximate surface area is 238 Å². The van der Waals surface area contributed by atoms with E-state index in [4.69, 9.17) is 0 Å². The molecule has 200 valence electrons. The van der Waals surface area contributed by atoms with Crippen LogP contribution < -0.4 is 0 Å². The molecule has 0 aliphatic heterocycles. The highest BCUT2D eigenvalue weighted by molar-refractivity contribution is 5.99. The fourth-order valence-corrected chi connectivity index (χ4v) is 5.69. The zero-order valence-electron chi connectivity index (χ0n) is 22.5. The maximum Gasteiger partial charge on any atom is 0.417 e. The van der Waals surface area contributed by atoms with E-state index in [1.165, 1.54) is 12.1 Å². The number of benzene rings is 6. The van der Waals surface area contributed by atoms with E-state index < -0.39 is 11.7 Å². The number of rotatable bonds is 5. The van der Waals surface area contributed by atoms with Crippen LogP contribution in [0.3, 0.4) is 0 Å². The molecular formula is C38H27F3. The highest BCUT2D eigenvalue weighted by atomic mass is 19.4. The van der Waals surface area contributed by atoms with E-state index in [1.807, 2.05) is 91.0 Å². The van der Waals surface area contributed by atoms with Crippen molar-refractivity contribution in [3.05, 3.63) is 157 Å². The molecule has 41 heavy (non-hydrogen) atoms. The average Bonchev–Trinajstić information content (AvgIpc) is 3.01. The molecule has 0 aromatic heterocycles. The molecule has 0 N–H and O–H groups in total.